The zero-order valence-corrected chi connectivity index (χ0v) is 17.0. The first kappa shape index (κ1) is 19.9. The van der Waals surface area contributed by atoms with Gasteiger partial charge >= 0.3 is 5.97 Å². The molecule has 4 nitrogen and oxygen atoms in total. The number of carbonyl (C=O) groups is 1. The van der Waals surface area contributed by atoms with E-state index >= 15 is 0 Å². The van der Waals surface area contributed by atoms with Crippen molar-refractivity contribution in [1.82, 2.24) is 0 Å². The Hall–Kier alpha value is -2.88. The third-order valence-corrected chi connectivity index (χ3v) is 5.16. The summed E-state index contributed by atoms with van der Waals surface area (Å²) in [6, 6.07) is 13.9. The van der Waals surface area contributed by atoms with Crippen molar-refractivity contribution in [3.63, 3.8) is 0 Å². The molecule has 2 aromatic rings. The molecule has 0 radical (unpaired) electrons. The predicted octanol–water partition coefficient (Wildman–Crippen LogP) is 5.46. The molecule has 0 amide bonds. The van der Waals surface area contributed by atoms with Crippen LogP contribution in [0.2, 0.25) is 0 Å². The lowest BCUT2D eigenvalue weighted by atomic mass is 9.71. The molecule has 0 saturated carbocycles. The van der Waals surface area contributed by atoms with Gasteiger partial charge in [-0.1, -0.05) is 55.4 Å². The number of benzene rings is 2. The summed E-state index contributed by atoms with van der Waals surface area (Å²) in [6.45, 7) is 6.73. The molecule has 3 rings (SSSR count). The molecular formula is C24H27NO3. The largest absolute Gasteiger partial charge is 0.462 e. The maximum atomic E-state index is 11.7. The monoisotopic (exact) mass is 377 g/mol. The van der Waals surface area contributed by atoms with Crippen molar-refractivity contribution in [3.8, 4) is 0 Å². The van der Waals surface area contributed by atoms with Gasteiger partial charge in [0.1, 0.15) is 7.11 Å². The summed E-state index contributed by atoms with van der Waals surface area (Å²) in [5, 5.41) is 4.24. The van der Waals surface area contributed by atoms with Crippen molar-refractivity contribution in [1.29, 1.82) is 0 Å². The SMILES string of the molecule is CCOC(=O)c1ccc(/C=C/c2ccc3c(c2)C(=NOC)CCC3(C)C)cc1. The van der Waals surface area contributed by atoms with Gasteiger partial charge in [0.05, 0.1) is 17.9 Å². The molecule has 0 unspecified atom stereocenters. The quantitative estimate of drug-likeness (QED) is 0.395. The van der Waals surface area contributed by atoms with Crippen LogP contribution in [0.1, 0.15) is 66.2 Å². The summed E-state index contributed by atoms with van der Waals surface area (Å²) >= 11 is 0. The third-order valence-electron chi connectivity index (χ3n) is 5.16. The Labute approximate surface area is 166 Å². The van der Waals surface area contributed by atoms with Gasteiger partial charge in [-0.3, -0.25) is 0 Å². The van der Waals surface area contributed by atoms with Gasteiger partial charge in [0.25, 0.3) is 0 Å². The molecule has 0 bridgehead atoms. The molecule has 4 heteroatoms. The summed E-state index contributed by atoms with van der Waals surface area (Å²) in [4.78, 5) is 16.8. The number of esters is 1. The van der Waals surface area contributed by atoms with E-state index in [0.717, 1.165) is 35.2 Å². The third kappa shape index (κ3) is 4.33. The number of carbonyl (C=O) groups excluding carboxylic acids is 1. The van der Waals surface area contributed by atoms with Crippen molar-refractivity contribution in [2.45, 2.75) is 39.0 Å². The van der Waals surface area contributed by atoms with Gasteiger partial charge in [-0.05, 0) is 60.1 Å². The lowest BCUT2D eigenvalue weighted by molar-refractivity contribution is 0.0526. The Kier molecular flexibility index (Phi) is 5.98. The first-order valence-corrected chi connectivity index (χ1v) is 9.65. The second-order valence-corrected chi connectivity index (χ2v) is 7.59. The topological polar surface area (TPSA) is 47.9 Å². The van der Waals surface area contributed by atoms with Crippen molar-refractivity contribution in [2.75, 3.05) is 13.7 Å². The Bertz CT molecular complexity index is 908. The highest BCUT2D eigenvalue weighted by Gasteiger charge is 2.30. The van der Waals surface area contributed by atoms with Gasteiger partial charge in [0, 0.05) is 5.56 Å². The van der Waals surface area contributed by atoms with E-state index in [1.165, 1.54) is 5.56 Å². The molecule has 0 fully saturated rings. The standard InChI is InChI=1S/C24H27NO3/c1-5-28-23(26)19-11-8-17(9-12-19)6-7-18-10-13-21-20(16-18)22(25-27-4)14-15-24(21,2)3/h6-13,16H,5,14-15H2,1-4H3/b7-6+,25-22?. The van der Waals surface area contributed by atoms with Crippen LogP contribution in [0.25, 0.3) is 12.2 Å². The number of ether oxygens (including phenoxy) is 1. The highest BCUT2D eigenvalue weighted by atomic mass is 16.6. The number of hydrogen-bond donors (Lipinski definition) is 0. The molecular weight excluding hydrogens is 350 g/mol. The summed E-state index contributed by atoms with van der Waals surface area (Å²) in [6.07, 6.45) is 6.09. The minimum Gasteiger partial charge on any atom is -0.462 e. The summed E-state index contributed by atoms with van der Waals surface area (Å²) in [7, 11) is 1.59. The van der Waals surface area contributed by atoms with Gasteiger partial charge in [-0.2, -0.15) is 0 Å². The van der Waals surface area contributed by atoms with Crippen LogP contribution in [0.15, 0.2) is 47.6 Å². The van der Waals surface area contributed by atoms with Crippen LogP contribution in [0, 0.1) is 0 Å². The average molecular weight is 377 g/mol. The maximum Gasteiger partial charge on any atom is 0.338 e. The lowest BCUT2D eigenvalue weighted by Gasteiger charge is -2.33. The number of fused-ring (bicyclic) bond motifs is 1. The van der Waals surface area contributed by atoms with Crippen LogP contribution >= 0.6 is 0 Å². The molecule has 0 aromatic heterocycles. The number of oxime groups is 1. The normalized spacial score (nSPS) is 16.8. The van der Waals surface area contributed by atoms with Crippen LogP contribution in [0.5, 0.6) is 0 Å². The van der Waals surface area contributed by atoms with Crippen molar-refractivity contribution >= 4 is 23.8 Å². The van der Waals surface area contributed by atoms with E-state index in [0.29, 0.717) is 12.2 Å². The van der Waals surface area contributed by atoms with E-state index in [1.54, 1.807) is 26.2 Å². The van der Waals surface area contributed by atoms with E-state index in [9.17, 15) is 4.79 Å². The van der Waals surface area contributed by atoms with Crippen LogP contribution in [-0.4, -0.2) is 25.4 Å². The molecule has 28 heavy (non-hydrogen) atoms. The first-order chi connectivity index (χ1) is 13.4. The fourth-order valence-corrected chi connectivity index (χ4v) is 3.54. The predicted molar refractivity (Wildman–Crippen MR) is 114 cm³/mol. The number of nitrogens with zero attached hydrogens (tertiary/aromatic N) is 1. The average Bonchev–Trinajstić information content (AvgIpc) is 2.69. The Morgan fingerprint density at radius 1 is 1.11 bits per heavy atom. The Morgan fingerprint density at radius 2 is 1.79 bits per heavy atom. The number of hydrogen-bond acceptors (Lipinski definition) is 4. The lowest BCUT2D eigenvalue weighted by Crippen LogP contribution is -2.27. The molecule has 0 spiro atoms. The van der Waals surface area contributed by atoms with E-state index in [-0.39, 0.29) is 11.4 Å². The molecule has 146 valence electrons. The summed E-state index contributed by atoms with van der Waals surface area (Å²) < 4.78 is 5.02. The molecule has 0 aliphatic heterocycles. The molecule has 1 aliphatic carbocycles. The second-order valence-electron chi connectivity index (χ2n) is 7.59. The number of rotatable bonds is 5. The van der Waals surface area contributed by atoms with Gasteiger partial charge in [-0.15, -0.1) is 0 Å². The van der Waals surface area contributed by atoms with Gasteiger partial charge in [-0.25, -0.2) is 4.79 Å². The molecule has 2 aromatic carbocycles. The molecule has 0 N–H and O–H groups in total. The first-order valence-electron chi connectivity index (χ1n) is 9.65. The fraction of sp³-hybridized carbons (Fsp3) is 0.333. The molecule has 0 saturated heterocycles. The van der Waals surface area contributed by atoms with E-state index in [2.05, 4.69) is 43.3 Å². The summed E-state index contributed by atoms with van der Waals surface area (Å²) in [5.41, 5.74) is 6.31. The second kappa shape index (κ2) is 8.42. The molecule has 0 atom stereocenters. The Balaban J connectivity index is 1.84. The highest BCUT2D eigenvalue weighted by Crippen LogP contribution is 2.37. The van der Waals surface area contributed by atoms with Gasteiger partial charge in [0.2, 0.25) is 0 Å². The highest BCUT2D eigenvalue weighted by molar-refractivity contribution is 6.03. The van der Waals surface area contributed by atoms with Crippen LogP contribution in [0.3, 0.4) is 0 Å². The van der Waals surface area contributed by atoms with E-state index in [4.69, 9.17) is 9.57 Å². The van der Waals surface area contributed by atoms with Gasteiger partial charge < -0.3 is 9.57 Å². The van der Waals surface area contributed by atoms with Crippen molar-refractivity contribution in [2.24, 2.45) is 5.16 Å². The molecule has 1 aliphatic rings. The van der Waals surface area contributed by atoms with E-state index in [1.807, 2.05) is 18.2 Å². The molecule has 0 heterocycles. The van der Waals surface area contributed by atoms with Crippen molar-refractivity contribution in [3.05, 3.63) is 70.3 Å². The Morgan fingerprint density at radius 3 is 2.46 bits per heavy atom. The van der Waals surface area contributed by atoms with Crippen molar-refractivity contribution < 1.29 is 14.4 Å². The maximum absolute atomic E-state index is 11.7. The zero-order valence-electron chi connectivity index (χ0n) is 17.0. The van der Waals surface area contributed by atoms with Crippen LogP contribution in [-0.2, 0) is 15.0 Å². The van der Waals surface area contributed by atoms with Crippen LogP contribution < -0.4 is 0 Å². The smallest absolute Gasteiger partial charge is 0.338 e. The minimum atomic E-state index is -0.291. The van der Waals surface area contributed by atoms with E-state index < -0.39 is 0 Å². The summed E-state index contributed by atoms with van der Waals surface area (Å²) in [5.74, 6) is -0.291. The van der Waals surface area contributed by atoms with Crippen LogP contribution in [0.4, 0.5) is 0 Å². The minimum absolute atomic E-state index is 0.132. The van der Waals surface area contributed by atoms with Gasteiger partial charge in [0.15, 0.2) is 0 Å². The zero-order chi connectivity index (χ0) is 20.1. The fourth-order valence-electron chi connectivity index (χ4n) is 3.54.